The fourth-order valence-electron chi connectivity index (χ4n) is 4.03. The van der Waals surface area contributed by atoms with E-state index in [-0.39, 0.29) is 62.6 Å². The van der Waals surface area contributed by atoms with Gasteiger partial charge in [0.1, 0.15) is 11.8 Å². The van der Waals surface area contributed by atoms with Crippen LogP contribution in [0.3, 0.4) is 0 Å². The molecule has 0 amide bonds. The van der Waals surface area contributed by atoms with Gasteiger partial charge in [0.05, 0.1) is 16.6 Å². The van der Waals surface area contributed by atoms with Crippen LogP contribution in [-0.4, -0.2) is 61.2 Å². The minimum absolute atomic E-state index is 0.0130. The molecule has 0 aliphatic carbocycles. The fourth-order valence-corrected chi connectivity index (χ4v) is 4.53. The first-order valence-corrected chi connectivity index (χ1v) is 11.7. The van der Waals surface area contributed by atoms with Gasteiger partial charge in [-0.25, -0.2) is 18.2 Å². The highest BCUT2D eigenvalue weighted by Crippen LogP contribution is 2.35. The number of carboxylic acid groups (broad SMARTS) is 1. The summed E-state index contributed by atoms with van der Waals surface area (Å²) in [6.07, 6.45) is 2.76. The zero-order valence-electron chi connectivity index (χ0n) is 19.1. The summed E-state index contributed by atoms with van der Waals surface area (Å²) in [5.74, 6) is -4.93. The standard InChI is InChI=1S/C23H18Cl2F3N5O4/c1-23(27,28)11-4-15(25)21-29-17(9-33(21)7-11)22-30-20(31-37-22)13-5-16(26)18(6-14(13)24)36-12-2-3-32(8-12)10-19(34)35/h4-7,9,12H,2-3,8,10H2,1H3,(H,34,35). The molecule has 1 N–H and O–H groups in total. The van der Waals surface area contributed by atoms with Gasteiger partial charge in [-0.3, -0.25) is 9.69 Å². The molecule has 1 atom stereocenters. The molecule has 4 heterocycles. The summed E-state index contributed by atoms with van der Waals surface area (Å²) in [4.78, 5) is 21.1. The summed E-state index contributed by atoms with van der Waals surface area (Å²) in [6.45, 7) is 1.51. The number of rotatable bonds is 7. The summed E-state index contributed by atoms with van der Waals surface area (Å²) in [7, 11) is 0. The van der Waals surface area contributed by atoms with Gasteiger partial charge in [-0.05, 0) is 18.6 Å². The summed E-state index contributed by atoms with van der Waals surface area (Å²) in [5.41, 5.74) is 0.219. The van der Waals surface area contributed by atoms with Gasteiger partial charge in [-0.15, -0.1) is 0 Å². The van der Waals surface area contributed by atoms with Crippen LogP contribution >= 0.6 is 23.2 Å². The van der Waals surface area contributed by atoms with E-state index in [1.165, 1.54) is 22.9 Å². The largest absolute Gasteiger partial charge is 0.486 e. The molecule has 1 aliphatic rings. The van der Waals surface area contributed by atoms with Gasteiger partial charge in [0.2, 0.25) is 5.82 Å². The van der Waals surface area contributed by atoms with E-state index in [0.717, 1.165) is 19.1 Å². The monoisotopic (exact) mass is 555 g/mol. The lowest BCUT2D eigenvalue weighted by Crippen LogP contribution is -2.29. The molecular weight excluding hydrogens is 538 g/mol. The lowest BCUT2D eigenvalue weighted by Gasteiger charge is -2.16. The molecule has 0 radical (unpaired) electrons. The minimum atomic E-state index is -3.10. The number of carbonyl (C=O) groups is 1. The molecule has 0 saturated carbocycles. The average Bonchev–Trinajstić information content (AvgIpc) is 3.54. The number of aliphatic carboxylic acids is 1. The molecule has 1 fully saturated rings. The van der Waals surface area contributed by atoms with Crippen LogP contribution in [0.5, 0.6) is 5.75 Å². The highest BCUT2D eigenvalue weighted by Gasteiger charge is 2.28. The van der Waals surface area contributed by atoms with Crippen molar-refractivity contribution >= 4 is 34.8 Å². The molecule has 1 unspecified atom stereocenters. The quantitative estimate of drug-likeness (QED) is 0.334. The van der Waals surface area contributed by atoms with Crippen LogP contribution in [0, 0.1) is 5.82 Å². The van der Waals surface area contributed by atoms with Gasteiger partial charge in [-0.2, -0.15) is 4.98 Å². The first kappa shape index (κ1) is 25.3. The Kier molecular flexibility index (Phi) is 6.50. The number of fused-ring (bicyclic) bond motifs is 1. The van der Waals surface area contributed by atoms with Crippen LogP contribution in [0.15, 0.2) is 35.1 Å². The molecule has 3 aromatic heterocycles. The van der Waals surface area contributed by atoms with Crippen LogP contribution in [0.4, 0.5) is 13.2 Å². The van der Waals surface area contributed by atoms with Gasteiger partial charge in [-0.1, -0.05) is 28.4 Å². The summed E-state index contributed by atoms with van der Waals surface area (Å²) >= 11 is 12.5. The highest BCUT2D eigenvalue weighted by atomic mass is 35.5. The molecular formula is C23H18Cl2F3N5O4. The zero-order valence-corrected chi connectivity index (χ0v) is 20.6. The van der Waals surface area contributed by atoms with Gasteiger partial charge in [0, 0.05) is 49.6 Å². The van der Waals surface area contributed by atoms with E-state index in [4.69, 9.17) is 37.6 Å². The maximum Gasteiger partial charge on any atom is 0.317 e. The third-order valence-corrected chi connectivity index (χ3v) is 6.39. The topological polar surface area (TPSA) is 106 Å². The second-order valence-electron chi connectivity index (χ2n) is 8.67. The molecule has 1 saturated heterocycles. The van der Waals surface area contributed by atoms with Crippen molar-refractivity contribution in [1.29, 1.82) is 0 Å². The Balaban J connectivity index is 1.38. The van der Waals surface area contributed by atoms with Crippen LogP contribution in [0.2, 0.25) is 10.0 Å². The molecule has 194 valence electrons. The summed E-state index contributed by atoms with van der Waals surface area (Å²) < 4.78 is 54.6. The van der Waals surface area contributed by atoms with Crippen molar-refractivity contribution in [2.24, 2.45) is 0 Å². The van der Waals surface area contributed by atoms with Crippen molar-refractivity contribution in [3.63, 3.8) is 0 Å². The number of halogens is 5. The first-order chi connectivity index (χ1) is 17.5. The van der Waals surface area contributed by atoms with Gasteiger partial charge < -0.3 is 18.8 Å². The van der Waals surface area contributed by atoms with Crippen LogP contribution < -0.4 is 4.74 Å². The second kappa shape index (κ2) is 9.51. The molecule has 14 heteroatoms. The maximum absolute atomic E-state index is 14.9. The van der Waals surface area contributed by atoms with Crippen molar-refractivity contribution in [1.82, 2.24) is 24.4 Å². The number of carboxylic acids is 1. The number of benzene rings is 1. The second-order valence-corrected chi connectivity index (χ2v) is 9.48. The Bertz CT molecular complexity index is 1500. The lowest BCUT2D eigenvalue weighted by molar-refractivity contribution is -0.138. The number of nitrogens with zero attached hydrogens (tertiary/aromatic N) is 5. The third-order valence-electron chi connectivity index (χ3n) is 5.80. The Labute approximate surface area is 217 Å². The number of alkyl halides is 2. The normalized spacial score (nSPS) is 16.5. The maximum atomic E-state index is 14.9. The molecule has 9 nitrogen and oxygen atoms in total. The highest BCUT2D eigenvalue weighted by molar-refractivity contribution is 6.33. The van der Waals surface area contributed by atoms with E-state index in [2.05, 4.69) is 15.1 Å². The van der Waals surface area contributed by atoms with E-state index < -0.39 is 17.7 Å². The van der Waals surface area contributed by atoms with Crippen molar-refractivity contribution in [2.45, 2.75) is 25.4 Å². The number of aromatic nitrogens is 4. The van der Waals surface area contributed by atoms with Gasteiger partial charge in [0.15, 0.2) is 17.2 Å². The summed E-state index contributed by atoms with van der Waals surface area (Å²) in [6, 6.07) is 3.53. The Morgan fingerprint density at radius 2 is 2.03 bits per heavy atom. The van der Waals surface area contributed by atoms with Crippen molar-refractivity contribution in [3.8, 4) is 28.7 Å². The molecule has 0 bridgehead atoms. The number of hydrogen-bond acceptors (Lipinski definition) is 7. The smallest absolute Gasteiger partial charge is 0.317 e. The fraction of sp³-hybridized carbons (Fsp3) is 0.304. The van der Waals surface area contributed by atoms with Crippen LogP contribution in [0.25, 0.3) is 28.6 Å². The molecule has 0 spiro atoms. The van der Waals surface area contributed by atoms with Crippen LogP contribution in [0.1, 0.15) is 18.9 Å². The Morgan fingerprint density at radius 3 is 2.76 bits per heavy atom. The molecule has 37 heavy (non-hydrogen) atoms. The SMILES string of the molecule is CC(F)(F)c1cc(Cl)c2nc(-c3nc(-c4cc(F)c(OC5CCN(CC(=O)O)C5)cc4Cl)no3)cn2c1. The number of hydrogen-bond donors (Lipinski definition) is 1. The predicted octanol–water partition coefficient (Wildman–Crippen LogP) is 5.15. The number of ether oxygens (including phenoxy) is 1. The summed E-state index contributed by atoms with van der Waals surface area (Å²) in [5, 5.41) is 12.9. The van der Waals surface area contributed by atoms with E-state index in [1.807, 2.05) is 0 Å². The first-order valence-electron chi connectivity index (χ1n) is 11.0. The number of imidazole rings is 1. The molecule has 4 aromatic rings. The van der Waals surface area contributed by atoms with Crippen molar-refractivity contribution in [3.05, 3.63) is 52.0 Å². The number of likely N-dealkylation sites (tertiary alicyclic amines) is 1. The van der Waals surface area contributed by atoms with E-state index in [0.29, 0.717) is 19.5 Å². The average molecular weight is 556 g/mol. The van der Waals surface area contributed by atoms with E-state index in [1.54, 1.807) is 4.90 Å². The minimum Gasteiger partial charge on any atom is -0.486 e. The van der Waals surface area contributed by atoms with Crippen molar-refractivity contribution in [2.75, 3.05) is 19.6 Å². The van der Waals surface area contributed by atoms with Crippen molar-refractivity contribution < 1.29 is 32.3 Å². The molecule has 5 rings (SSSR count). The predicted molar refractivity (Wildman–Crippen MR) is 127 cm³/mol. The Hall–Kier alpha value is -3.35. The zero-order chi connectivity index (χ0) is 26.5. The van der Waals surface area contributed by atoms with Gasteiger partial charge in [0.25, 0.3) is 11.8 Å². The Morgan fingerprint density at radius 1 is 1.24 bits per heavy atom. The molecule has 1 aliphatic heterocycles. The van der Waals surface area contributed by atoms with E-state index in [9.17, 15) is 18.0 Å². The van der Waals surface area contributed by atoms with Gasteiger partial charge >= 0.3 is 5.97 Å². The van der Waals surface area contributed by atoms with E-state index >= 15 is 0 Å². The molecule has 1 aromatic carbocycles. The lowest BCUT2D eigenvalue weighted by atomic mass is 10.2. The van der Waals surface area contributed by atoms with Crippen LogP contribution in [-0.2, 0) is 10.7 Å². The number of pyridine rings is 1. The third kappa shape index (κ3) is 5.22.